The molecule has 14 aliphatic rings. The molecule has 3 spiro atoms. The fraction of sp³-hybridized carbons (Fsp3) is 0.859. The summed E-state index contributed by atoms with van der Waals surface area (Å²) in [6.45, 7) is 42.9. The lowest BCUT2D eigenvalue weighted by atomic mass is 9.56. The summed E-state index contributed by atoms with van der Waals surface area (Å²) in [5.74, 6) is 5.36. The molecule has 11 aliphatic carbocycles. The lowest BCUT2D eigenvalue weighted by molar-refractivity contribution is -0.179. The Morgan fingerprint density at radius 2 is 1.15 bits per heavy atom. The van der Waals surface area contributed by atoms with Crippen LogP contribution in [0.1, 0.15) is 137 Å². The number of rotatable bonds is 2. The predicted octanol–water partition coefficient (Wildman–Crippen LogP) is 10.8. The lowest BCUT2D eigenvalue weighted by Crippen LogP contribution is -2.60. The maximum absolute atomic E-state index is 13.2. The Morgan fingerprint density at radius 3 is 1.79 bits per heavy atom. The second kappa shape index (κ2) is 16.0. The highest BCUT2D eigenvalue weighted by molar-refractivity contribution is 6.74. The number of hydrogen-bond donors (Lipinski definition) is 3. The van der Waals surface area contributed by atoms with E-state index in [1.807, 2.05) is 13.8 Å². The van der Waals surface area contributed by atoms with Gasteiger partial charge in [0.15, 0.2) is 13.9 Å². The Bertz CT molecular complexity index is 2560. The third-order valence-electron chi connectivity index (χ3n) is 27.0. The molecule has 75 heavy (non-hydrogen) atoms. The van der Waals surface area contributed by atoms with Crippen LogP contribution in [0.2, 0.25) is 18.1 Å². The molecule has 0 radical (unpaired) electrons. The van der Waals surface area contributed by atoms with Crippen LogP contribution in [-0.4, -0.2) is 82.3 Å². The zero-order valence-corrected chi connectivity index (χ0v) is 50.1. The van der Waals surface area contributed by atoms with E-state index in [0.29, 0.717) is 70.5 Å². The zero-order valence-electron chi connectivity index (χ0n) is 49.1. The van der Waals surface area contributed by atoms with Crippen LogP contribution >= 0.6 is 0 Å². The van der Waals surface area contributed by atoms with E-state index in [1.54, 1.807) is 0 Å². The van der Waals surface area contributed by atoms with Gasteiger partial charge in [-0.25, -0.2) is 4.79 Å². The Labute approximate surface area is 450 Å². The number of aliphatic hydroxyl groups is 3. The molecule has 8 unspecified atom stereocenters. The van der Waals surface area contributed by atoms with E-state index in [2.05, 4.69) is 141 Å². The van der Waals surface area contributed by atoms with Gasteiger partial charge in [0.25, 0.3) is 0 Å². The molecule has 3 saturated heterocycles. The molecule has 416 valence electrons. The first-order valence-corrected chi connectivity index (χ1v) is 33.1. The van der Waals surface area contributed by atoms with Gasteiger partial charge in [0.2, 0.25) is 0 Å². The van der Waals surface area contributed by atoms with Crippen molar-refractivity contribution in [3.63, 3.8) is 0 Å². The summed E-state index contributed by atoms with van der Waals surface area (Å²) in [6.07, 6.45) is 11.7. The van der Waals surface area contributed by atoms with Gasteiger partial charge in [-0.15, -0.1) is 0 Å². The van der Waals surface area contributed by atoms with Gasteiger partial charge in [0.1, 0.15) is 16.8 Å². The highest BCUT2D eigenvalue weighted by Crippen LogP contribution is 2.79. The van der Waals surface area contributed by atoms with Crippen molar-refractivity contribution < 1.29 is 48.3 Å². The highest BCUT2D eigenvalue weighted by Gasteiger charge is 2.84. The van der Waals surface area contributed by atoms with Crippen molar-refractivity contribution in [2.45, 2.75) is 196 Å². The van der Waals surface area contributed by atoms with Crippen LogP contribution in [0.5, 0.6) is 0 Å². The van der Waals surface area contributed by atoms with Gasteiger partial charge in [-0.05, 0) is 139 Å². The zero-order chi connectivity index (χ0) is 54.7. The molecule has 3 N–H and O–H groups in total. The number of hydrogen-bond acceptors (Lipinski definition) is 10. The number of ether oxygens (including phenoxy) is 3. The van der Waals surface area contributed by atoms with Crippen molar-refractivity contribution in [1.29, 1.82) is 0 Å². The van der Waals surface area contributed by atoms with Crippen molar-refractivity contribution in [3.05, 3.63) is 35.5 Å². The van der Waals surface area contributed by atoms with Crippen LogP contribution in [0.4, 0.5) is 0 Å². The Hall–Kier alpha value is -2.31. The SMILES string of the molecule is CC1=C[C@H]2[C@H](C)C[C@@H]3[C@H]([C@@H]4C=C(C)[C@]5(O)C(=O)O[C@@]42[C@@H]15)C3(C)C.CC1C(O)[C@H]2[C@H]3[C@@H](C[C@@H](C)[C@@H]4C(O)C(C)[C@H]5[C@H]1C(=O)O[C@@]245)C3(C)C.CC1C(O[Si](C)(C)C(C)(C)C)[C@H]2C=CC[C@@H](C)[C@@H]3C(C)C(C)[C@H]4[C@H]1C(=O)O[C@@]234. The van der Waals surface area contributed by atoms with Crippen molar-refractivity contribution >= 4 is 26.2 Å². The van der Waals surface area contributed by atoms with Gasteiger partial charge >= 0.3 is 17.9 Å². The van der Waals surface area contributed by atoms with Gasteiger partial charge in [0, 0.05) is 47.3 Å². The van der Waals surface area contributed by atoms with Crippen LogP contribution in [0.25, 0.3) is 0 Å². The first-order valence-electron chi connectivity index (χ1n) is 30.2. The first-order chi connectivity index (χ1) is 34.7. The number of allylic oxidation sites excluding steroid dienone is 1. The van der Waals surface area contributed by atoms with E-state index in [-0.39, 0.29) is 105 Å². The maximum Gasteiger partial charge on any atom is 0.343 e. The fourth-order valence-electron chi connectivity index (χ4n) is 22.5. The maximum atomic E-state index is 13.2. The van der Waals surface area contributed by atoms with Crippen LogP contribution < -0.4 is 0 Å². The van der Waals surface area contributed by atoms with E-state index in [9.17, 15) is 29.7 Å². The normalized spacial score (nSPS) is 57.5. The Morgan fingerprint density at radius 1 is 0.600 bits per heavy atom. The van der Waals surface area contributed by atoms with Gasteiger partial charge in [-0.2, -0.15) is 0 Å². The molecule has 10 nitrogen and oxygen atoms in total. The minimum Gasteiger partial charge on any atom is -0.458 e. The topological polar surface area (TPSA) is 149 Å². The van der Waals surface area contributed by atoms with Gasteiger partial charge in [-0.3, -0.25) is 9.59 Å². The predicted molar refractivity (Wildman–Crippen MR) is 289 cm³/mol. The number of carbonyl (C=O) groups is 3. The summed E-state index contributed by atoms with van der Waals surface area (Å²) < 4.78 is 26.0. The van der Waals surface area contributed by atoms with Crippen LogP contribution in [0.15, 0.2) is 35.5 Å². The smallest absolute Gasteiger partial charge is 0.343 e. The molecule has 0 aromatic heterocycles. The standard InChI is InChI=1S/C24H40O3Si.C20H30O4.C20H26O3/c1-13-11-10-12-17-21(27-28(8,9)23(5,6)7)16(4)18-20-15(3)14(2)19(13)24(17,20)26-22(18)25;1-7-6-10-14(19(10,4)5)15-16(21)8(2)11-13-9(3)17(22)12(7)20(13,15)24-18(11)23;1-9-6-13-15(18(13,4)5)14-8-11(3)19(22)16-10(2)7-12(9)20(14,16)23-17(19)21/h10,12-21H,11H2,1-9H3;7-17,21-22H,6H2,1-5H3;7-9,12-16,22H,6H2,1-5H3/t13-,14?,15?,16?,17-,18+,19-,20+,21?,24+;7-,8?,9?,10-,11+,12-,13+,14-,15-,16?,17?,20+;9-,12+,13-,14+,15-,16+,19-,20-/m111/s1. The third-order valence-corrected chi connectivity index (χ3v) is 31.5. The quantitative estimate of drug-likeness (QED) is 0.106. The monoisotopic (exact) mass is 1050 g/mol. The molecule has 0 aromatic carbocycles. The molecule has 0 amide bonds. The van der Waals surface area contributed by atoms with E-state index in [0.717, 1.165) is 24.0 Å². The van der Waals surface area contributed by atoms with Crippen molar-refractivity contribution in [3.8, 4) is 0 Å². The Kier molecular flexibility index (Phi) is 11.4. The fourth-order valence-corrected chi connectivity index (χ4v) is 23.9. The van der Waals surface area contributed by atoms with E-state index < -0.39 is 43.3 Å². The van der Waals surface area contributed by atoms with Gasteiger partial charge in [-0.1, -0.05) is 134 Å². The van der Waals surface area contributed by atoms with E-state index in [1.165, 1.54) is 6.42 Å². The lowest BCUT2D eigenvalue weighted by Gasteiger charge is -2.52. The summed E-state index contributed by atoms with van der Waals surface area (Å²) in [6, 6.07) is 0. The minimum atomic E-state index is -1.96. The molecular formula is C64H96O10Si. The summed E-state index contributed by atoms with van der Waals surface area (Å²) in [7, 11) is -1.96. The molecule has 11 heteroatoms. The Balaban J connectivity index is 0.000000114. The largest absolute Gasteiger partial charge is 0.458 e. The summed E-state index contributed by atoms with van der Waals surface area (Å²) in [4.78, 5) is 38.7. The molecule has 8 saturated carbocycles. The molecule has 14 rings (SSSR count). The molecular weight excluding hydrogens is 957 g/mol. The van der Waals surface area contributed by atoms with Gasteiger partial charge in [0.05, 0.1) is 36.1 Å². The molecule has 30 atom stereocenters. The second-order valence-electron chi connectivity index (χ2n) is 31.6. The van der Waals surface area contributed by atoms with Crippen molar-refractivity contribution in [1.82, 2.24) is 0 Å². The second-order valence-corrected chi connectivity index (χ2v) is 36.4. The van der Waals surface area contributed by atoms with E-state index in [4.69, 9.17) is 18.6 Å². The number of aliphatic hydroxyl groups excluding tert-OH is 2. The molecule has 3 aliphatic heterocycles. The van der Waals surface area contributed by atoms with Crippen LogP contribution in [-0.2, 0) is 33.0 Å². The summed E-state index contributed by atoms with van der Waals surface area (Å²) in [5, 5.41) is 33.7. The van der Waals surface area contributed by atoms with Crippen LogP contribution in [0, 0.1) is 147 Å². The summed E-state index contributed by atoms with van der Waals surface area (Å²) >= 11 is 0. The summed E-state index contributed by atoms with van der Waals surface area (Å²) in [5.41, 5.74) is -0.527. The van der Waals surface area contributed by atoms with Crippen LogP contribution in [0.3, 0.4) is 0 Å². The minimum absolute atomic E-state index is 0.00725. The first kappa shape index (κ1) is 53.3. The van der Waals surface area contributed by atoms with E-state index >= 15 is 0 Å². The molecule has 6 bridgehead atoms. The molecule has 3 heterocycles. The third kappa shape index (κ3) is 6.21. The molecule has 0 aromatic rings. The highest BCUT2D eigenvalue weighted by atomic mass is 28.4. The molecule has 11 fully saturated rings. The van der Waals surface area contributed by atoms with Crippen molar-refractivity contribution in [2.24, 2.45) is 147 Å². The average Bonchev–Trinajstić information content (AvgIpc) is 3.93. The van der Waals surface area contributed by atoms with Gasteiger partial charge < -0.3 is 34.0 Å². The average molecular weight is 1050 g/mol. The number of fused-ring (bicyclic) bond motifs is 4. The number of esters is 3. The van der Waals surface area contributed by atoms with Crippen molar-refractivity contribution in [2.75, 3.05) is 0 Å². The number of carbonyl (C=O) groups excluding carboxylic acids is 3.